The van der Waals surface area contributed by atoms with E-state index in [0.29, 0.717) is 19.7 Å². The maximum atomic E-state index is 12.1. The lowest BCUT2D eigenvalue weighted by atomic mass is 10.1. The van der Waals surface area contributed by atoms with Gasteiger partial charge in [0.15, 0.2) is 0 Å². The highest BCUT2D eigenvalue weighted by atomic mass is 32.2. The van der Waals surface area contributed by atoms with Crippen LogP contribution in [-0.2, 0) is 10.2 Å². The molecule has 1 saturated heterocycles. The normalized spacial score (nSPS) is 16.9. The maximum Gasteiger partial charge on any atom is 0.279 e. The molecule has 0 saturated carbocycles. The summed E-state index contributed by atoms with van der Waals surface area (Å²) in [5.41, 5.74) is 2.38. The smallest absolute Gasteiger partial charge is 0.279 e. The lowest BCUT2D eigenvalue weighted by molar-refractivity contribution is 0.313. The SMILES string of the molecule is Cc1ccc(OCCNS(=O)(=O)N2CCCCC2)cc1C. The highest BCUT2D eigenvalue weighted by Crippen LogP contribution is 2.16. The minimum atomic E-state index is -3.35. The van der Waals surface area contributed by atoms with Crippen LogP contribution in [0.25, 0.3) is 0 Å². The molecule has 0 atom stereocenters. The molecule has 0 aliphatic carbocycles. The van der Waals surface area contributed by atoms with Crippen molar-refractivity contribution in [1.82, 2.24) is 9.03 Å². The Morgan fingerprint density at radius 1 is 1.14 bits per heavy atom. The van der Waals surface area contributed by atoms with Crippen molar-refractivity contribution in [2.75, 3.05) is 26.2 Å². The third-order valence-corrected chi connectivity index (χ3v) is 5.40. The fourth-order valence-corrected chi connectivity index (χ4v) is 3.60. The molecule has 21 heavy (non-hydrogen) atoms. The van der Waals surface area contributed by atoms with E-state index in [-0.39, 0.29) is 6.54 Å². The zero-order valence-corrected chi connectivity index (χ0v) is 13.6. The number of ether oxygens (including phenoxy) is 1. The van der Waals surface area contributed by atoms with E-state index in [1.807, 2.05) is 32.0 Å². The van der Waals surface area contributed by atoms with E-state index in [1.165, 1.54) is 15.4 Å². The number of nitrogens with one attached hydrogen (secondary N) is 1. The Morgan fingerprint density at radius 2 is 1.86 bits per heavy atom. The van der Waals surface area contributed by atoms with Gasteiger partial charge < -0.3 is 4.74 Å². The summed E-state index contributed by atoms with van der Waals surface area (Å²) in [5, 5.41) is 0. The fraction of sp³-hybridized carbons (Fsp3) is 0.600. The molecule has 0 bridgehead atoms. The van der Waals surface area contributed by atoms with Gasteiger partial charge in [-0.25, -0.2) is 0 Å². The van der Waals surface area contributed by atoms with E-state index in [4.69, 9.17) is 4.74 Å². The van der Waals surface area contributed by atoms with Crippen LogP contribution < -0.4 is 9.46 Å². The molecule has 0 unspecified atom stereocenters. The van der Waals surface area contributed by atoms with Crippen LogP contribution in [-0.4, -0.2) is 39.0 Å². The van der Waals surface area contributed by atoms with Crippen molar-refractivity contribution in [1.29, 1.82) is 0 Å². The minimum absolute atomic E-state index is 0.283. The number of aryl methyl sites for hydroxylation is 2. The Balaban J connectivity index is 1.77. The van der Waals surface area contributed by atoms with Crippen molar-refractivity contribution >= 4 is 10.2 Å². The molecule has 2 rings (SSSR count). The van der Waals surface area contributed by atoms with Gasteiger partial charge in [0, 0.05) is 19.6 Å². The molecular formula is C15H24N2O3S. The van der Waals surface area contributed by atoms with Crippen molar-refractivity contribution in [2.24, 2.45) is 0 Å². The van der Waals surface area contributed by atoms with Gasteiger partial charge in [-0.1, -0.05) is 12.5 Å². The highest BCUT2D eigenvalue weighted by molar-refractivity contribution is 7.87. The lowest BCUT2D eigenvalue weighted by Gasteiger charge is -2.25. The third kappa shape index (κ3) is 4.69. The summed E-state index contributed by atoms with van der Waals surface area (Å²) in [6, 6.07) is 5.87. The van der Waals surface area contributed by atoms with Crippen LogP contribution in [0, 0.1) is 13.8 Å². The summed E-state index contributed by atoms with van der Waals surface area (Å²) < 4.78 is 33.8. The maximum absolute atomic E-state index is 12.1. The van der Waals surface area contributed by atoms with Gasteiger partial charge in [0.05, 0.1) is 0 Å². The first-order valence-electron chi connectivity index (χ1n) is 7.44. The summed E-state index contributed by atoms with van der Waals surface area (Å²) in [6.45, 7) is 5.93. The first-order valence-corrected chi connectivity index (χ1v) is 8.88. The van der Waals surface area contributed by atoms with E-state index < -0.39 is 10.2 Å². The summed E-state index contributed by atoms with van der Waals surface area (Å²) in [5.74, 6) is 0.773. The Bertz CT molecular complexity index is 566. The van der Waals surface area contributed by atoms with Crippen LogP contribution in [0.5, 0.6) is 5.75 Å². The standard InChI is InChI=1S/C15H24N2O3S/c1-13-6-7-15(12-14(13)2)20-11-8-16-21(18,19)17-9-4-3-5-10-17/h6-7,12,16H,3-5,8-11H2,1-2H3. The Morgan fingerprint density at radius 3 is 2.52 bits per heavy atom. The highest BCUT2D eigenvalue weighted by Gasteiger charge is 2.22. The van der Waals surface area contributed by atoms with Gasteiger partial charge in [0.25, 0.3) is 10.2 Å². The number of hydrogen-bond donors (Lipinski definition) is 1. The van der Waals surface area contributed by atoms with Crippen molar-refractivity contribution in [2.45, 2.75) is 33.1 Å². The molecule has 1 N–H and O–H groups in total. The second kappa shape index (κ2) is 7.24. The molecule has 1 heterocycles. The number of benzene rings is 1. The van der Waals surface area contributed by atoms with Gasteiger partial charge in [-0.05, 0) is 49.9 Å². The van der Waals surface area contributed by atoms with Crippen LogP contribution in [0.15, 0.2) is 18.2 Å². The van der Waals surface area contributed by atoms with E-state index in [9.17, 15) is 8.42 Å². The molecule has 1 aliphatic rings. The van der Waals surface area contributed by atoms with Crippen LogP contribution in [0.3, 0.4) is 0 Å². The second-order valence-electron chi connectivity index (χ2n) is 5.45. The Kier molecular flexibility index (Phi) is 5.61. The largest absolute Gasteiger partial charge is 0.492 e. The number of piperidine rings is 1. The molecule has 6 heteroatoms. The number of nitrogens with zero attached hydrogens (tertiary/aromatic N) is 1. The summed E-state index contributed by atoms with van der Waals surface area (Å²) in [7, 11) is -3.35. The van der Waals surface area contributed by atoms with Gasteiger partial charge in [-0.3, -0.25) is 0 Å². The molecule has 0 spiro atoms. The monoisotopic (exact) mass is 312 g/mol. The number of hydrogen-bond acceptors (Lipinski definition) is 3. The third-order valence-electron chi connectivity index (χ3n) is 3.79. The average Bonchev–Trinajstić information content (AvgIpc) is 2.48. The molecule has 1 aromatic rings. The molecule has 118 valence electrons. The van der Waals surface area contributed by atoms with Crippen molar-refractivity contribution < 1.29 is 13.2 Å². The topological polar surface area (TPSA) is 58.6 Å². The first kappa shape index (κ1) is 16.3. The van der Waals surface area contributed by atoms with Crippen LogP contribution in [0.4, 0.5) is 0 Å². The Hall–Kier alpha value is -1.11. The second-order valence-corrected chi connectivity index (χ2v) is 7.21. The average molecular weight is 312 g/mol. The van der Waals surface area contributed by atoms with Crippen molar-refractivity contribution in [3.05, 3.63) is 29.3 Å². The van der Waals surface area contributed by atoms with Gasteiger partial charge in [0.2, 0.25) is 0 Å². The van der Waals surface area contributed by atoms with E-state index in [0.717, 1.165) is 25.0 Å². The minimum Gasteiger partial charge on any atom is -0.492 e. The van der Waals surface area contributed by atoms with E-state index in [1.54, 1.807) is 0 Å². The van der Waals surface area contributed by atoms with Crippen LogP contribution in [0.2, 0.25) is 0 Å². The molecular weight excluding hydrogens is 288 g/mol. The van der Waals surface area contributed by atoms with Crippen LogP contribution in [0.1, 0.15) is 30.4 Å². The number of rotatable bonds is 6. The Labute approximate surface area is 127 Å². The van der Waals surface area contributed by atoms with E-state index in [2.05, 4.69) is 4.72 Å². The molecule has 1 aliphatic heterocycles. The molecule has 0 aromatic heterocycles. The van der Waals surface area contributed by atoms with Gasteiger partial charge >= 0.3 is 0 Å². The zero-order valence-electron chi connectivity index (χ0n) is 12.8. The first-order chi connectivity index (χ1) is 9.99. The van der Waals surface area contributed by atoms with Crippen molar-refractivity contribution in [3.63, 3.8) is 0 Å². The summed E-state index contributed by atoms with van der Waals surface area (Å²) in [4.78, 5) is 0. The predicted molar refractivity (Wildman–Crippen MR) is 83.8 cm³/mol. The van der Waals surface area contributed by atoms with Crippen LogP contribution >= 0.6 is 0 Å². The zero-order chi connectivity index (χ0) is 15.3. The molecule has 1 fully saturated rings. The lowest BCUT2D eigenvalue weighted by Crippen LogP contribution is -2.44. The molecule has 1 aromatic carbocycles. The summed E-state index contributed by atoms with van der Waals surface area (Å²) in [6.07, 6.45) is 3.00. The van der Waals surface area contributed by atoms with Crippen molar-refractivity contribution in [3.8, 4) is 5.75 Å². The van der Waals surface area contributed by atoms with E-state index >= 15 is 0 Å². The summed E-state index contributed by atoms with van der Waals surface area (Å²) >= 11 is 0. The molecule has 5 nitrogen and oxygen atoms in total. The quantitative estimate of drug-likeness (QED) is 0.817. The van der Waals surface area contributed by atoms with Gasteiger partial charge in [-0.2, -0.15) is 17.4 Å². The fourth-order valence-electron chi connectivity index (χ4n) is 2.34. The molecule has 0 radical (unpaired) electrons. The molecule has 0 amide bonds. The predicted octanol–water partition coefficient (Wildman–Crippen LogP) is 2.00. The van der Waals surface area contributed by atoms with Gasteiger partial charge in [-0.15, -0.1) is 0 Å². The van der Waals surface area contributed by atoms with Gasteiger partial charge in [0.1, 0.15) is 12.4 Å².